The lowest BCUT2D eigenvalue weighted by Crippen LogP contribution is -2.30. The molecule has 1 atom stereocenters. The van der Waals surface area contributed by atoms with Crippen LogP contribution in [0.5, 0.6) is 0 Å². The largest absolute Gasteiger partial charge is 0.331 e. The summed E-state index contributed by atoms with van der Waals surface area (Å²) >= 11 is 8.72. The van der Waals surface area contributed by atoms with Gasteiger partial charge in [0.15, 0.2) is 4.77 Å². The van der Waals surface area contributed by atoms with Gasteiger partial charge < -0.3 is 9.55 Å². The summed E-state index contributed by atoms with van der Waals surface area (Å²) in [5.74, 6) is -0.242. The predicted octanol–water partition coefficient (Wildman–Crippen LogP) is 5.74. The van der Waals surface area contributed by atoms with Crippen LogP contribution >= 0.6 is 28.1 Å². The van der Waals surface area contributed by atoms with Gasteiger partial charge in [-0.05, 0) is 52.5 Å². The molecule has 1 aliphatic carbocycles. The van der Waals surface area contributed by atoms with Gasteiger partial charge in [-0.2, -0.15) is 0 Å². The number of fused-ring (bicyclic) bond motifs is 1. The van der Waals surface area contributed by atoms with E-state index in [-0.39, 0.29) is 11.2 Å². The van der Waals surface area contributed by atoms with E-state index < -0.39 is 0 Å². The quantitative estimate of drug-likeness (QED) is 0.645. The second kappa shape index (κ2) is 4.95. The normalized spacial score (nSPS) is 22.3. The van der Waals surface area contributed by atoms with Gasteiger partial charge in [0.05, 0.1) is 15.5 Å². The lowest BCUT2D eigenvalue weighted by molar-refractivity contribution is 0.146. The molecular weight excluding hydrogens is 339 g/mol. The number of halogens is 2. The lowest BCUT2D eigenvalue weighted by Gasteiger charge is -2.39. The van der Waals surface area contributed by atoms with Crippen molar-refractivity contribution < 1.29 is 4.39 Å². The highest BCUT2D eigenvalue weighted by atomic mass is 79.9. The van der Waals surface area contributed by atoms with E-state index in [4.69, 9.17) is 12.2 Å². The van der Waals surface area contributed by atoms with Crippen molar-refractivity contribution in [3.63, 3.8) is 0 Å². The fourth-order valence-electron chi connectivity index (χ4n) is 3.38. The Morgan fingerprint density at radius 1 is 1.40 bits per heavy atom. The molecule has 0 bridgehead atoms. The summed E-state index contributed by atoms with van der Waals surface area (Å²) in [5, 5.41) is 0. The maximum atomic E-state index is 13.9. The first-order chi connectivity index (χ1) is 9.40. The van der Waals surface area contributed by atoms with Crippen molar-refractivity contribution in [2.24, 2.45) is 5.41 Å². The number of hydrogen-bond acceptors (Lipinski definition) is 1. The molecule has 5 heteroatoms. The third-order valence-electron chi connectivity index (χ3n) is 4.52. The molecule has 2 aromatic rings. The number of H-pyrrole nitrogens is 1. The second-order valence-corrected chi connectivity index (χ2v) is 7.57. The molecule has 1 unspecified atom stereocenters. The Kier molecular flexibility index (Phi) is 3.53. The third kappa shape index (κ3) is 2.25. The molecule has 1 heterocycles. The molecule has 2 nitrogen and oxygen atoms in total. The molecule has 0 amide bonds. The average Bonchev–Trinajstić information content (AvgIpc) is 2.65. The van der Waals surface area contributed by atoms with Crippen molar-refractivity contribution in [1.82, 2.24) is 9.55 Å². The fourth-order valence-corrected chi connectivity index (χ4v) is 4.06. The van der Waals surface area contributed by atoms with E-state index >= 15 is 0 Å². The summed E-state index contributed by atoms with van der Waals surface area (Å²) in [4.78, 5) is 3.21. The molecule has 20 heavy (non-hydrogen) atoms. The molecule has 0 radical (unpaired) electrons. The predicted molar refractivity (Wildman–Crippen MR) is 86.1 cm³/mol. The Bertz CT molecular complexity index is 716. The van der Waals surface area contributed by atoms with E-state index in [1.54, 1.807) is 12.1 Å². The van der Waals surface area contributed by atoms with E-state index in [1.165, 1.54) is 19.3 Å². The standard InChI is InChI=1S/C15H18BrFN2S/c1-15(2)6-4-3-5-13(15)19-12-8-10(17)9(16)7-11(12)18-14(19)20/h7-8,13H,3-6H2,1-2H3,(H,18,20). The minimum atomic E-state index is -0.242. The lowest BCUT2D eigenvalue weighted by atomic mass is 9.73. The Balaban J connectivity index is 2.23. The van der Waals surface area contributed by atoms with Crippen LogP contribution in [0.15, 0.2) is 16.6 Å². The smallest absolute Gasteiger partial charge is 0.178 e. The summed E-state index contributed by atoms with van der Waals surface area (Å²) < 4.78 is 17.2. The van der Waals surface area contributed by atoms with Gasteiger partial charge >= 0.3 is 0 Å². The Labute approximate surface area is 131 Å². The molecule has 1 saturated carbocycles. The summed E-state index contributed by atoms with van der Waals surface area (Å²) in [5.41, 5.74) is 1.95. The van der Waals surface area contributed by atoms with Crippen LogP contribution < -0.4 is 0 Å². The Hall–Kier alpha value is -0.680. The maximum Gasteiger partial charge on any atom is 0.178 e. The van der Waals surface area contributed by atoms with Crippen molar-refractivity contribution in [3.8, 4) is 0 Å². The molecule has 1 aliphatic rings. The number of aromatic nitrogens is 2. The zero-order valence-electron chi connectivity index (χ0n) is 11.7. The molecule has 1 aromatic carbocycles. The molecule has 1 fully saturated rings. The van der Waals surface area contributed by atoms with Crippen LogP contribution in [0, 0.1) is 16.0 Å². The van der Waals surface area contributed by atoms with Crippen molar-refractivity contribution in [2.75, 3.05) is 0 Å². The molecule has 108 valence electrons. The van der Waals surface area contributed by atoms with Gasteiger partial charge in [0.1, 0.15) is 5.82 Å². The number of hydrogen-bond donors (Lipinski definition) is 1. The number of imidazole rings is 1. The minimum Gasteiger partial charge on any atom is -0.331 e. The van der Waals surface area contributed by atoms with E-state index in [2.05, 4.69) is 39.3 Å². The van der Waals surface area contributed by atoms with E-state index in [1.807, 2.05) is 0 Å². The monoisotopic (exact) mass is 356 g/mol. The number of nitrogens with zero attached hydrogens (tertiary/aromatic N) is 1. The number of rotatable bonds is 1. The van der Waals surface area contributed by atoms with E-state index in [9.17, 15) is 4.39 Å². The molecule has 0 spiro atoms. The summed E-state index contributed by atoms with van der Waals surface area (Å²) in [7, 11) is 0. The molecule has 3 rings (SSSR count). The molecule has 0 saturated heterocycles. The van der Waals surface area contributed by atoms with Crippen LogP contribution in [0.4, 0.5) is 4.39 Å². The first-order valence-electron chi connectivity index (χ1n) is 6.99. The fraction of sp³-hybridized carbons (Fsp3) is 0.533. The second-order valence-electron chi connectivity index (χ2n) is 6.33. The molecule has 1 aromatic heterocycles. The summed E-state index contributed by atoms with van der Waals surface area (Å²) in [6, 6.07) is 3.68. The Morgan fingerprint density at radius 2 is 2.15 bits per heavy atom. The highest BCUT2D eigenvalue weighted by molar-refractivity contribution is 9.10. The zero-order chi connectivity index (χ0) is 14.5. The SMILES string of the molecule is CC1(C)CCCCC1n1c(=S)[nH]c2cc(Br)c(F)cc21. The van der Waals surface area contributed by atoms with Crippen LogP contribution in [0.3, 0.4) is 0 Å². The van der Waals surface area contributed by atoms with Crippen molar-refractivity contribution in [2.45, 2.75) is 45.6 Å². The maximum absolute atomic E-state index is 13.9. The van der Waals surface area contributed by atoms with Crippen LogP contribution in [0.1, 0.15) is 45.6 Å². The van der Waals surface area contributed by atoms with E-state index in [0.29, 0.717) is 15.3 Å². The van der Waals surface area contributed by atoms with E-state index in [0.717, 1.165) is 17.5 Å². The van der Waals surface area contributed by atoms with Crippen LogP contribution in [-0.2, 0) is 0 Å². The van der Waals surface area contributed by atoms with Crippen LogP contribution in [0.25, 0.3) is 11.0 Å². The number of aromatic amines is 1. The number of benzene rings is 1. The molecule has 1 N–H and O–H groups in total. The molecule has 0 aliphatic heterocycles. The van der Waals surface area contributed by atoms with Crippen molar-refractivity contribution >= 4 is 39.2 Å². The highest BCUT2D eigenvalue weighted by Gasteiger charge is 2.34. The van der Waals surface area contributed by atoms with Gasteiger partial charge in [0.25, 0.3) is 0 Å². The molecular formula is C15H18BrFN2S. The zero-order valence-corrected chi connectivity index (χ0v) is 14.1. The van der Waals surface area contributed by atoms with Crippen molar-refractivity contribution in [3.05, 3.63) is 27.2 Å². The van der Waals surface area contributed by atoms with Gasteiger partial charge in [0.2, 0.25) is 0 Å². The van der Waals surface area contributed by atoms with Gasteiger partial charge in [0, 0.05) is 12.1 Å². The third-order valence-corrected chi connectivity index (χ3v) is 5.43. The van der Waals surface area contributed by atoms with Gasteiger partial charge in [-0.1, -0.05) is 26.7 Å². The summed E-state index contributed by atoms with van der Waals surface area (Å²) in [6.45, 7) is 4.57. The first kappa shape index (κ1) is 14.3. The Morgan fingerprint density at radius 3 is 2.85 bits per heavy atom. The van der Waals surface area contributed by atoms with Crippen molar-refractivity contribution in [1.29, 1.82) is 0 Å². The minimum absolute atomic E-state index is 0.190. The average molecular weight is 357 g/mol. The first-order valence-corrected chi connectivity index (χ1v) is 8.19. The van der Waals surface area contributed by atoms with Gasteiger partial charge in [-0.3, -0.25) is 0 Å². The number of nitrogens with one attached hydrogen (secondary N) is 1. The van der Waals surface area contributed by atoms with Crippen LogP contribution in [0.2, 0.25) is 0 Å². The topological polar surface area (TPSA) is 20.7 Å². The summed E-state index contributed by atoms with van der Waals surface area (Å²) in [6.07, 6.45) is 4.76. The van der Waals surface area contributed by atoms with Gasteiger partial charge in [-0.25, -0.2) is 4.39 Å². The highest BCUT2D eigenvalue weighted by Crippen LogP contribution is 2.45. The van der Waals surface area contributed by atoms with Gasteiger partial charge in [-0.15, -0.1) is 0 Å². The van der Waals surface area contributed by atoms with Crippen LogP contribution in [-0.4, -0.2) is 9.55 Å².